The number of hydrogen-bond acceptors (Lipinski definition) is 3. The van der Waals surface area contributed by atoms with Gasteiger partial charge in [-0.2, -0.15) is 0 Å². The number of carbonyl (C=O) groups excluding carboxylic acids is 1. The second-order valence-corrected chi connectivity index (χ2v) is 6.60. The topological polar surface area (TPSA) is 53.1 Å². The summed E-state index contributed by atoms with van der Waals surface area (Å²) in [5.74, 6) is 0.989. The summed E-state index contributed by atoms with van der Waals surface area (Å²) in [6, 6.07) is 9.91. The van der Waals surface area contributed by atoms with Crippen LogP contribution in [0.25, 0.3) is 0 Å². The molecule has 6 unspecified atom stereocenters. The van der Waals surface area contributed by atoms with Crippen molar-refractivity contribution < 1.29 is 14.6 Å². The van der Waals surface area contributed by atoms with Crippen LogP contribution in [-0.2, 0) is 16.1 Å². The SMILES string of the molecule is O=C1C2C3CC(C4OC34)C2[C@@H](O)N1Cc1ccccc1. The van der Waals surface area contributed by atoms with Crippen molar-refractivity contribution in [2.75, 3.05) is 0 Å². The van der Waals surface area contributed by atoms with E-state index >= 15 is 0 Å². The van der Waals surface area contributed by atoms with E-state index in [0.717, 1.165) is 12.0 Å². The molecule has 7 atom stereocenters. The van der Waals surface area contributed by atoms with Gasteiger partial charge in [0, 0.05) is 18.4 Å². The van der Waals surface area contributed by atoms with Crippen molar-refractivity contribution in [3.63, 3.8) is 0 Å². The number of epoxide rings is 1. The van der Waals surface area contributed by atoms with Gasteiger partial charge in [0.05, 0.1) is 18.1 Å². The molecular weight excluding hydrogens is 254 g/mol. The molecule has 2 aliphatic heterocycles. The fourth-order valence-corrected chi connectivity index (χ4v) is 4.92. The lowest BCUT2D eigenvalue weighted by Gasteiger charge is -2.26. The van der Waals surface area contributed by atoms with Gasteiger partial charge in [-0.15, -0.1) is 0 Å². The van der Waals surface area contributed by atoms with Gasteiger partial charge in [0.1, 0.15) is 6.23 Å². The van der Waals surface area contributed by atoms with Crippen LogP contribution >= 0.6 is 0 Å². The van der Waals surface area contributed by atoms with Gasteiger partial charge in [-0.25, -0.2) is 0 Å². The van der Waals surface area contributed by atoms with Gasteiger partial charge in [-0.1, -0.05) is 30.3 Å². The summed E-state index contributed by atoms with van der Waals surface area (Å²) in [6.45, 7) is 0.517. The number of carbonyl (C=O) groups is 1. The van der Waals surface area contributed by atoms with E-state index in [0.29, 0.717) is 30.6 Å². The molecule has 2 aliphatic carbocycles. The highest BCUT2D eigenvalue weighted by molar-refractivity contribution is 5.83. The number of rotatable bonds is 2. The maximum absolute atomic E-state index is 12.7. The number of hydrogen-bond donors (Lipinski definition) is 1. The molecule has 2 saturated carbocycles. The van der Waals surface area contributed by atoms with Gasteiger partial charge in [0.2, 0.25) is 5.91 Å². The van der Waals surface area contributed by atoms with Gasteiger partial charge in [0.25, 0.3) is 0 Å². The summed E-state index contributed by atoms with van der Waals surface area (Å²) >= 11 is 0. The molecule has 0 spiro atoms. The third-order valence-electron chi connectivity index (χ3n) is 5.75. The zero-order chi connectivity index (χ0) is 13.4. The molecule has 2 saturated heterocycles. The van der Waals surface area contributed by atoms with Gasteiger partial charge < -0.3 is 14.7 Å². The summed E-state index contributed by atoms with van der Waals surface area (Å²) in [7, 11) is 0. The lowest BCUT2D eigenvalue weighted by molar-refractivity contribution is -0.138. The number of aliphatic hydroxyl groups is 1. The quantitative estimate of drug-likeness (QED) is 0.816. The Labute approximate surface area is 117 Å². The maximum Gasteiger partial charge on any atom is 0.228 e. The first kappa shape index (κ1) is 11.3. The molecule has 4 nitrogen and oxygen atoms in total. The van der Waals surface area contributed by atoms with Crippen LogP contribution in [0.4, 0.5) is 0 Å². The smallest absolute Gasteiger partial charge is 0.228 e. The second-order valence-electron chi connectivity index (χ2n) is 6.60. The predicted octanol–water partition coefficient (Wildman–Crippen LogP) is 0.997. The van der Waals surface area contributed by atoms with Crippen LogP contribution in [0.15, 0.2) is 30.3 Å². The molecule has 1 N–H and O–H groups in total. The minimum Gasteiger partial charge on any atom is -0.373 e. The standard InChI is InChI=1S/C16H17NO3/c18-15-11-9-6-10(14-13(9)20-14)12(11)16(19)17(15)7-8-4-2-1-3-5-8/h1-5,9-15,18H,6-7H2/t9?,10?,11?,12?,13?,14?,15-/m1/s1. The molecule has 20 heavy (non-hydrogen) atoms. The highest BCUT2D eigenvalue weighted by Gasteiger charge is 2.73. The molecule has 0 radical (unpaired) electrons. The molecular formula is C16H17NO3. The number of benzene rings is 1. The Hall–Kier alpha value is -1.39. The molecule has 5 rings (SSSR count). The highest BCUT2D eigenvalue weighted by atomic mass is 16.6. The van der Waals surface area contributed by atoms with Gasteiger partial charge >= 0.3 is 0 Å². The second kappa shape index (κ2) is 3.62. The lowest BCUT2D eigenvalue weighted by atomic mass is 9.81. The van der Waals surface area contributed by atoms with E-state index < -0.39 is 6.23 Å². The van der Waals surface area contributed by atoms with E-state index in [9.17, 15) is 9.90 Å². The summed E-state index contributed by atoms with van der Waals surface area (Å²) < 4.78 is 5.64. The molecule has 4 aliphatic rings. The average molecular weight is 271 g/mol. The lowest BCUT2D eigenvalue weighted by Crippen LogP contribution is -2.37. The van der Waals surface area contributed by atoms with E-state index in [2.05, 4.69) is 0 Å². The molecule has 0 aromatic heterocycles. The van der Waals surface area contributed by atoms with E-state index in [-0.39, 0.29) is 17.7 Å². The molecule has 1 aromatic rings. The molecule has 104 valence electrons. The average Bonchev–Trinajstić information content (AvgIpc) is 3.01. The van der Waals surface area contributed by atoms with Crippen LogP contribution in [-0.4, -0.2) is 34.3 Å². The van der Waals surface area contributed by atoms with Crippen molar-refractivity contribution in [2.45, 2.75) is 31.4 Å². The van der Waals surface area contributed by atoms with E-state index in [1.54, 1.807) is 4.90 Å². The van der Waals surface area contributed by atoms with E-state index in [1.807, 2.05) is 30.3 Å². The van der Waals surface area contributed by atoms with Crippen LogP contribution < -0.4 is 0 Å². The Balaban J connectivity index is 1.44. The van der Waals surface area contributed by atoms with Crippen LogP contribution in [0.1, 0.15) is 12.0 Å². The largest absolute Gasteiger partial charge is 0.373 e. The normalized spacial score (nSPS) is 47.5. The number of fused-ring (bicyclic) bond motifs is 8. The van der Waals surface area contributed by atoms with Gasteiger partial charge in [-0.3, -0.25) is 4.79 Å². The third kappa shape index (κ3) is 1.26. The maximum atomic E-state index is 12.7. The van der Waals surface area contributed by atoms with Crippen LogP contribution in [0.5, 0.6) is 0 Å². The van der Waals surface area contributed by atoms with Crippen LogP contribution in [0, 0.1) is 23.7 Å². The summed E-state index contributed by atoms with van der Waals surface area (Å²) in [5.41, 5.74) is 1.08. The van der Waals surface area contributed by atoms with Crippen molar-refractivity contribution in [1.82, 2.24) is 4.90 Å². The fraction of sp³-hybridized carbons (Fsp3) is 0.562. The monoisotopic (exact) mass is 271 g/mol. The van der Waals surface area contributed by atoms with E-state index in [4.69, 9.17) is 4.74 Å². The van der Waals surface area contributed by atoms with E-state index in [1.165, 1.54) is 0 Å². The molecule has 4 heteroatoms. The third-order valence-corrected chi connectivity index (χ3v) is 5.75. The van der Waals surface area contributed by atoms with Gasteiger partial charge in [-0.05, 0) is 17.9 Å². The minimum atomic E-state index is -0.632. The summed E-state index contributed by atoms with van der Waals surface area (Å²) in [5, 5.41) is 10.6. The predicted molar refractivity (Wildman–Crippen MR) is 70.2 cm³/mol. The Morgan fingerprint density at radius 3 is 2.75 bits per heavy atom. The van der Waals surface area contributed by atoms with Crippen molar-refractivity contribution in [3.8, 4) is 0 Å². The summed E-state index contributed by atoms with van der Waals surface area (Å²) in [4.78, 5) is 14.3. The van der Waals surface area contributed by atoms with Crippen molar-refractivity contribution in [3.05, 3.63) is 35.9 Å². The first-order chi connectivity index (χ1) is 9.75. The molecule has 4 fully saturated rings. The molecule has 2 heterocycles. The first-order valence-corrected chi connectivity index (χ1v) is 7.43. The number of nitrogens with zero attached hydrogens (tertiary/aromatic N) is 1. The zero-order valence-electron chi connectivity index (χ0n) is 11.1. The first-order valence-electron chi connectivity index (χ1n) is 7.43. The Morgan fingerprint density at radius 2 is 1.95 bits per heavy atom. The minimum absolute atomic E-state index is 0.00228. The van der Waals surface area contributed by atoms with Crippen molar-refractivity contribution in [1.29, 1.82) is 0 Å². The molecule has 1 amide bonds. The molecule has 1 aromatic carbocycles. The highest BCUT2D eigenvalue weighted by Crippen LogP contribution is 2.64. The Morgan fingerprint density at radius 1 is 1.20 bits per heavy atom. The Bertz CT molecular complexity index is 574. The number of ether oxygens (including phenoxy) is 1. The fourth-order valence-electron chi connectivity index (χ4n) is 4.92. The number of amides is 1. The van der Waals surface area contributed by atoms with Gasteiger partial charge in [0.15, 0.2) is 0 Å². The number of likely N-dealkylation sites (tertiary alicyclic amines) is 1. The van der Waals surface area contributed by atoms with Crippen LogP contribution in [0.3, 0.4) is 0 Å². The summed E-state index contributed by atoms with van der Waals surface area (Å²) in [6.07, 6.45) is 1.09. The van der Waals surface area contributed by atoms with Crippen molar-refractivity contribution in [2.24, 2.45) is 23.7 Å². The zero-order valence-corrected chi connectivity index (χ0v) is 11.1. The molecule has 2 bridgehead atoms. The van der Waals surface area contributed by atoms with Crippen LogP contribution in [0.2, 0.25) is 0 Å². The Kier molecular flexibility index (Phi) is 2.05. The van der Waals surface area contributed by atoms with Crippen molar-refractivity contribution >= 4 is 5.91 Å². The number of aliphatic hydroxyl groups excluding tert-OH is 1.